The first-order valence-corrected chi connectivity index (χ1v) is 7.33. The van der Waals surface area contributed by atoms with Crippen LogP contribution in [0.2, 0.25) is 0 Å². The molecule has 2 nitrogen and oxygen atoms in total. The van der Waals surface area contributed by atoms with E-state index in [2.05, 4.69) is 33.0 Å². The van der Waals surface area contributed by atoms with Gasteiger partial charge in [0.1, 0.15) is 0 Å². The largest absolute Gasteiger partial charge is 0.356 e. The van der Waals surface area contributed by atoms with Crippen molar-refractivity contribution < 1.29 is 6.22 Å². The monoisotopic (exact) mass is 243 g/mol. The lowest BCUT2D eigenvalue weighted by Crippen LogP contribution is -2.24. The zero-order chi connectivity index (χ0) is 13.1. The molecule has 104 valence electrons. The average Bonchev–Trinajstić information content (AvgIpc) is 2.29. The smallest absolute Gasteiger partial charge is 0.219 e. The molecule has 17 heavy (non-hydrogen) atoms. The van der Waals surface area contributed by atoms with Crippen molar-refractivity contribution in [2.45, 2.75) is 72.6 Å². The minimum absolute atomic E-state index is 0. The minimum Gasteiger partial charge on any atom is -0.356 e. The summed E-state index contributed by atoms with van der Waals surface area (Å²) in [5.41, 5.74) is 0. The maximum absolute atomic E-state index is 11.5. The lowest BCUT2D eigenvalue weighted by molar-refractivity contribution is -0.121. The van der Waals surface area contributed by atoms with Gasteiger partial charge in [-0.15, -0.1) is 0 Å². The maximum Gasteiger partial charge on any atom is 0.219 e. The summed E-state index contributed by atoms with van der Waals surface area (Å²) in [6.07, 6.45) is 7.74. The number of carbonyl (C=O) groups excluding carboxylic acids is 1. The molecule has 0 aromatic heterocycles. The molecular weight excluding hydrogens is 210 g/mol. The molecule has 0 spiro atoms. The lowest BCUT2D eigenvalue weighted by atomic mass is 10.0. The van der Waals surface area contributed by atoms with E-state index in [0.717, 1.165) is 31.2 Å². The molecule has 0 saturated heterocycles. The Labute approximate surface area is 109 Å². The second kappa shape index (κ2) is 10.6. The van der Waals surface area contributed by atoms with E-state index < -0.39 is 0 Å². The number of rotatable bonds is 10. The molecule has 2 heteroatoms. The van der Waals surface area contributed by atoms with Gasteiger partial charge in [-0.05, 0) is 31.1 Å². The van der Waals surface area contributed by atoms with E-state index in [0.29, 0.717) is 6.42 Å². The van der Waals surface area contributed by atoms with Crippen molar-refractivity contribution in [2.24, 2.45) is 11.8 Å². The van der Waals surface area contributed by atoms with Crippen LogP contribution in [0.4, 0.5) is 0 Å². The van der Waals surface area contributed by atoms with Crippen molar-refractivity contribution in [2.75, 3.05) is 6.54 Å². The van der Waals surface area contributed by atoms with E-state index in [1.54, 1.807) is 0 Å². The number of hydrogen-bond acceptors (Lipinski definition) is 1. The van der Waals surface area contributed by atoms with Crippen LogP contribution < -0.4 is 5.32 Å². The SMILES string of the molecule is CCC(C)CCCNC(=O)CCCCC(C)C.[HH]. The summed E-state index contributed by atoms with van der Waals surface area (Å²) in [6.45, 7) is 9.81. The highest BCUT2D eigenvalue weighted by Crippen LogP contribution is 2.09. The van der Waals surface area contributed by atoms with Crippen molar-refractivity contribution in [3.63, 3.8) is 0 Å². The fourth-order valence-corrected chi connectivity index (χ4v) is 1.81. The summed E-state index contributed by atoms with van der Waals surface area (Å²) in [6, 6.07) is 0. The maximum atomic E-state index is 11.5. The summed E-state index contributed by atoms with van der Waals surface area (Å²) in [4.78, 5) is 11.5. The third kappa shape index (κ3) is 11.7. The zero-order valence-electron chi connectivity index (χ0n) is 12.2. The fraction of sp³-hybridized carbons (Fsp3) is 0.933. The molecule has 0 aliphatic heterocycles. The molecule has 0 aliphatic rings. The predicted molar refractivity (Wildman–Crippen MR) is 77.1 cm³/mol. The quantitative estimate of drug-likeness (QED) is 0.566. The van der Waals surface area contributed by atoms with Crippen LogP contribution in [-0.4, -0.2) is 12.5 Å². The van der Waals surface area contributed by atoms with Crippen molar-refractivity contribution in [1.82, 2.24) is 5.32 Å². The van der Waals surface area contributed by atoms with Crippen LogP contribution in [0.1, 0.15) is 74.1 Å². The summed E-state index contributed by atoms with van der Waals surface area (Å²) in [5.74, 6) is 1.78. The Morgan fingerprint density at radius 2 is 1.82 bits per heavy atom. The number of nitrogens with one attached hydrogen (secondary N) is 1. The molecule has 0 aromatic carbocycles. The van der Waals surface area contributed by atoms with Crippen molar-refractivity contribution in [3.8, 4) is 0 Å². The van der Waals surface area contributed by atoms with E-state index in [4.69, 9.17) is 0 Å². The molecule has 0 radical (unpaired) electrons. The van der Waals surface area contributed by atoms with Crippen LogP contribution in [0.15, 0.2) is 0 Å². The Balaban J connectivity index is 0. The first-order valence-electron chi connectivity index (χ1n) is 7.33. The van der Waals surface area contributed by atoms with Gasteiger partial charge in [-0.25, -0.2) is 0 Å². The number of carbonyl (C=O) groups is 1. The summed E-state index contributed by atoms with van der Waals surface area (Å²) in [7, 11) is 0. The van der Waals surface area contributed by atoms with E-state index in [1.807, 2.05) is 0 Å². The highest BCUT2D eigenvalue weighted by atomic mass is 16.1. The summed E-state index contributed by atoms with van der Waals surface area (Å²) < 4.78 is 0. The van der Waals surface area contributed by atoms with Gasteiger partial charge >= 0.3 is 0 Å². The normalized spacial score (nSPS) is 12.8. The molecule has 1 N–H and O–H groups in total. The molecule has 1 atom stereocenters. The molecule has 1 unspecified atom stereocenters. The fourth-order valence-electron chi connectivity index (χ4n) is 1.81. The highest BCUT2D eigenvalue weighted by Gasteiger charge is 2.02. The Morgan fingerprint density at radius 1 is 1.12 bits per heavy atom. The molecule has 0 aliphatic carbocycles. The van der Waals surface area contributed by atoms with Crippen LogP contribution in [0.3, 0.4) is 0 Å². The van der Waals surface area contributed by atoms with Crippen LogP contribution >= 0.6 is 0 Å². The number of unbranched alkanes of at least 4 members (excludes halogenated alkanes) is 1. The zero-order valence-corrected chi connectivity index (χ0v) is 12.2. The van der Waals surface area contributed by atoms with E-state index >= 15 is 0 Å². The van der Waals surface area contributed by atoms with E-state index in [1.165, 1.54) is 25.7 Å². The Morgan fingerprint density at radius 3 is 2.41 bits per heavy atom. The molecule has 0 saturated carbocycles. The van der Waals surface area contributed by atoms with Crippen LogP contribution in [0, 0.1) is 11.8 Å². The minimum atomic E-state index is 0. The Kier molecular flexibility index (Phi) is 10.3. The van der Waals surface area contributed by atoms with E-state index in [-0.39, 0.29) is 7.33 Å². The third-order valence-electron chi connectivity index (χ3n) is 3.33. The molecule has 0 aromatic rings. The molecule has 0 bridgehead atoms. The van der Waals surface area contributed by atoms with Gasteiger partial charge in [0.25, 0.3) is 0 Å². The number of hydrogen-bond donors (Lipinski definition) is 1. The highest BCUT2D eigenvalue weighted by molar-refractivity contribution is 5.75. The van der Waals surface area contributed by atoms with Crippen molar-refractivity contribution in [1.29, 1.82) is 0 Å². The van der Waals surface area contributed by atoms with Gasteiger partial charge in [-0.2, -0.15) is 0 Å². The van der Waals surface area contributed by atoms with Gasteiger partial charge in [-0.1, -0.05) is 47.0 Å². The van der Waals surface area contributed by atoms with Crippen molar-refractivity contribution >= 4 is 5.91 Å². The van der Waals surface area contributed by atoms with Crippen LogP contribution in [0.5, 0.6) is 0 Å². The van der Waals surface area contributed by atoms with Crippen molar-refractivity contribution in [3.05, 3.63) is 0 Å². The second-order valence-corrected chi connectivity index (χ2v) is 5.65. The summed E-state index contributed by atoms with van der Waals surface area (Å²) >= 11 is 0. The molecule has 0 heterocycles. The molecule has 1 amide bonds. The first kappa shape index (κ1) is 16.5. The van der Waals surface area contributed by atoms with Gasteiger partial charge in [0.2, 0.25) is 5.91 Å². The van der Waals surface area contributed by atoms with Gasteiger partial charge in [0.15, 0.2) is 0 Å². The molecule has 0 rings (SSSR count). The molecular formula is C15H33NO. The standard InChI is InChI=1S/C15H31NO.H2/c1-5-14(4)10-8-12-16-15(17)11-7-6-9-13(2)3;/h13-14H,5-12H2,1-4H3,(H,16,17);1H. The molecule has 0 fully saturated rings. The van der Waals surface area contributed by atoms with Gasteiger partial charge in [0, 0.05) is 14.4 Å². The van der Waals surface area contributed by atoms with Crippen LogP contribution in [-0.2, 0) is 4.79 Å². The van der Waals surface area contributed by atoms with Gasteiger partial charge < -0.3 is 5.32 Å². The topological polar surface area (TPSA) is 29.1 Å². The summed E-state index contributed by atoms with van der Waals surface area (Å²) in [5, 5.41) is 3.01. The van der Waals surface area contributed by atoms with Crippen LogP contribution in [0.25, 0.3) is 0 Å². The number of amides is 1. The predicted octanol–water partition coefficient (Wildman–Crippen LogP) is 4.39. The van der Waals surface area contributed by atoms with Gasteiger partial charge in [-0.3, -0.25) is 4.79 Å². The second-order valence-electron chi connectivity index (χ2n) is 5.65. The van der Waals surface area contributed by atoms with E-state index in [9.17, 15) is 4.79 Å². The van der Waals surface area contributed by atoms with Gasteiger partial charge in [0.05, 0.1) is 0 Å². The Bertz CT molecular complexity index is 195. The lowest BCUT2D eigenvalue weighted by Gasteiger charge is -2.09. The third-order valence-corrected chi connectivity index (χ3v) is 3.33. The average molecular weight is 243 g/mol. The first-order chi connectivity index (χ1) is 8.06. The Hall–Kier alpha value is -0.530.